The molecule has 0 unspecified atom stereocenters. The Bertz CT molecular complexity index is 594. The number of esters is 1. The minimum absolute atomic E-state index is 0.177. The fraction of sp³-hybridized carbons (Fsp3) is 0.333. The van der Waals surface area contributed by atoms with Crippen LogP contribution >= 0.6 is 0 Å². The van der Waals surface area contributed by atoms with Crippen molar-refractivity contribution in [2.45, 2.75) is 27.7 Å². The second-order valence-corrected chi connectivity index (χ2v) is 4.53. The standard InChI is InChI=1S/C15H17NO3/c1-5-18-15(17)13-11(4)16-14(19-13)12-7-9(2)6-10(3)8-12/h6-8H,5H2,1-4H3. The first-order valence-corrected chi connectivity index (χ1v) is 6.24. The Balaban J connectivity index is 2.41. The van der Waals surface area contributed by atoms with Crippen molar-refractivity contribution in [3.63, 3.8) is 0 Å². The van der Waals surface area contributed by atoms with Gasteiger partial charge in [-0.3, -0.25) is 0 Å². The number of nitrogens with zero attached hydrogens (tertiary/aromatic N) is 1. The van der Waals surface area contributed by atoms with E-state index >= 15 is 0 Å². The van der Waals surface area contributed by atoms with Crippen LogP contribution in [0.1, 0.15) is 34.3 Å². The van der Waals surface area contributed by atoms with Crippen LogP contribution in [0.3, 0.4) is 0 Å². The van der Waals surface area contributed by atoms with E-state index in [1.807, 2.05) is 26.0 Å². The van der Waals surface area contributed by atoms with E-state index < -0.39 is 5.97 Å². The van der Waals surface area contributed by atoms with Gasteiger partial charge in [-0.1, -0.05) is 17.2 Å². The van der Waals surface area contributed by atoms with Crippen molar-refractivity contribution in [3.8, 4) is 11.5 Å². The minimum Gasteiger partial charge on any atom is -0.460 e. The van der Waals surface area contributed by atoms with Crippen LogP contribution in [0.4, 0.5) is 0 Å². The van der Waals surface area contributed by atoms with Crippen LogP contribution in [0, 0.1) is 20.8 Å². The van der Waals surface area contributed by atoms with Gasteiger partial charge >= 0.3 is 5.97 Å². The molecule has 0 amide bonds. The van der Waals surface area contributed by atoms with Gasteiger partial charge in [0.15, 0.2) is 0 Å². The molecule has 1 aromatic carbocycles. The van der Waals surface area contributed by atoms with Gasteiger partial charge in [0.1, 0.15) is 0 Å². The SMILES string of the molecule is CCOC(=O)c1oc(-c2cc(C)cc(C)c2)nc1C. The summed E-state index contributed by atoms with van der Waals surface area (Å²) in [6.07, 6.45) is 0. The minimum atomic E-state index is -0.469. The number of carbonyl (C=O) groups is 1. The zero-order valence-corrected chi connectivity index (χ0v) is 11.6. The third-order valence-electron chi connectivity index (χ3n) is 2.73. The van der Waals surface area contributed by atoms with Crippen LogP contribution in [-0.4, -0.2) is 17.6 Å². The number of rotatable bonds is 3. The van der Waals surface area contributed by atoms with Crippen molar-refractivity contribution in [1.29, 1.82) is 0 Å². The molecule has 1 heterocycles. The predicted octanol–water partition coefficient (Wildman–Crippen LogP) is 3.44. The zero-order chi connectivity index (χ0) is 14.0. The molecule has 0 radical (unpaired) electrons. The van der Waals surface area contributed by atoms with Gasteiger partial charge in [-0.05, 0) is 39.8 Å². The Morgan fingerprint density at radius 3 is 2.42 bits per heavy atom. The summed E-state index contributed by atoms with van der Waals surface area (Å²) in [4.78, 5) is 16.0. The lowest BCUT2D eigenvalue weighted by molar-refractivity contribution is 0.0490. The van der Waals surface area contributed by atoms with Crippen molar-refractivity contribution in [2.75, 3.05) is 6.61 Å². The average molecular weight is 259 g/mol. The third-order valence-corrected chi connectivity index (χ3v) is 2.73. The molecular formula is C15H17NO3. The van der Waals surface area contributed by atoms with Crippen LogP contribution in [0.15, 0.2) is 22.6 Å². The van der Waals surface area contributed by atoms with Gasteiger partial charge in [-0.25, -0.2) is 9.78 Å². The second-order valence-electron chi connectivity index (χ2n) is 4.53. The molecule has 0 fully saturated rings. The summed E-state index contributed by atoms with van der Waals surface area (Å²) < 4.78 is 10.5. The molecule has 1 aromatic heterocycles. The van der Waals surface area contributed by atoms with Crippen molar-refractivity contribution < 1.29 is 13.9 Å². The normalized spacial score (nSPS) is 10.5. The Morgan fingerprint density at radius 1 is 1.21 bits per heavy atom. The molecule has 0 bridgehead atoms. The molecule has 4 nitrogen and oxygen atoms in total. The van der Waals surface area contributed by atoms with Gasteiger partial charge in [-0.2, -0.15) is 0 Å². The summed E-state index contributed by atoms with van der Waals surface area (Å²) in [5, 5.41) is 0. The quantitative estimate of drug-likeness (QED) is 0.792. The lowest BCUT2D eigenvalue weighted by Crippen LogP contribution is -2.04. The van der Waals surface area contributed by atoms with Crippen LogP contribution in [0.2, 0.25) is 0 Å². The fourth-order valence-electron chi connectivity index (χ4n) is 2.00. The van der Waals surface area contributed by atoms with E-state index in [-0.39, 0.29) is 5.76 Å². The molecule has 100 valence electrons. The highest BCUT2D eigenvalue weighted by atomic mass is 16.5. The smallest absolute Gasteiger partial charge is 0.376 e. The molecular weight excluding hydrogens is 242 g/mol. The number of oxazole rings is 1. The van der Waals surface area contributed by atoms with Crippen LogP contribution < -0.4 is 0 Å². The topological polar surface area (TPSA) is 52.3 Å². The number of aromatic nitrogens is 1. The van der Waals surface area contributed by atoms with E-state index in [2.05, 4.69) is 11.1 Å². The highest BCUT2D eigenvalue weighted by molar-refractivity contribution is 5.87. The van der Waals surface area contributed by atoms with E-state index in [9.17, 15) is 4.79 Å². The van der Waals surface area contributed by atoms with Crippen LogP contribution in [-0.2, 0) is 4.74 Å². The third kappa shape index (κ3) is 2.84. The van der Waals surface area contributed by atoms with Crippen LogP contribution in [0.25, 0.3) is 11.5 Å². The van der Waals surface area contributed by atoms with Crippen molar-refractivity contribution in [3.05, 3.63) is 40.8 Å². The summed E-state index contributed by atoms with van der Waals surface area (Å²) in [5.41, 5.74) is 3.68. The number of hydrogen-bond acceptors (Lipinski definition) is 4. The average Bonchev–Trinajstić information content (AvgIpc) is 2.70. The van der Waals surface area contributed by atoms with Gasteiger partial charge in [-0.15, -0.1) is 0 Å². The predicted molar refractivity (Wildman–Crippen MR) is 72.1 cm³/mol. The lowest BCUT2D eigenvalue weighted by Gasteiger charge is -2.01. The van der Waals surface area contributed by atoms with Gasteiger partial charge in [0.25, 0.3) is 0 Å². The number of benzene rings is 1. The first-order valence-electron chi connectivity index (χ1n) is 6.24. The summed E-state index contributed by atoms with van der Waals surface area (Å²) >= 11 is 0. The lowest BCUT2D eigenvalue weighted by atomic mass is 10.1. The highest BCUT2D eigenvalue weighted by Gasteiger charge is 2.19. The number of aryl methyl sites for hydroxylation is 3. The van der Waals surface area contributed by atoms with E-state index in [1.165, 1.54) is 0 Å². The molecule has 0 saturated heterocycles. The number of hydrogen-bond donors (Lipinski definition) is 0. The zero-order valence-electron chi connectivity index (χ0n) is 11.6. The molecule has 4 heteroatoms. The molecule has 0 aliphatic rings. The van der Waals surface area contributed by atoms with E-state index in [0.29, 0.717) is 18.2 Å². The van der Waals surface area contributed by atoms with Gasteiger partial charge in [0.05, 0.1) is 12.3 Å². The van der Waals surface area contributed by atoms with Gasteiger partial charge in [0.2, 0.25) is 11.7 Å². The molecule has 0 aliphatic heterocycles. The molecule has 0 saturated carbocycles. The van der Waals surface area contributed by atoms with E-state index in [4.69, 9.17) is 9.15 Å². The van der Waals surface area contributed by atoms with Crippen molar-refractivity contribution in [1.82, 2.24) is 4.98 Å². The molecule has 0 spiro atoms. The maximum atomic E-state index is 11.7. The van der Waals surface area contributed by atoms with Crippen molar-refractivity contribution in [2.24, 2.45) is 0 Å². The van der Waals surface area contributed by atoms with E-state index in [0.717, 1.165) is 16.7 Å². The van der Waals surface area contributed by atoms with Crippen LogP contribution in [0.5, 0.6) is 0 Å². The van der Waals surface area contributed by atoms with Crippen molar-refractivity contribution >= 4 is 5.97 Å². The number of carbonyl (C=O) groups excluding carboxylic acids is 1. The first kappa shape index (κ1) is 13.3. The fourth-order valence-corrected chi connectivity index (χ4v) is 2.00. The van der Waals surface area contributed by atoms with Gasteiger partial charge in [0, 0.05) is 5.56 Å². The molecule has 0 aliphatic carbocycles. The first-order chi connectivity index (χ1) is 9.01. The van der Waals surface area contributed by atoms with Gasteiger partial charge < -0.3 is 9.15 Å². The summed E-state index contributed by atoms with van der Waals surface area (Å²) in [5.74, 6) is 0.159. The maximum absolute atomic E-state index is 11.7. The molecule has 2 rings (SSSR count). The molecule has 0 atom stereocenters. The molecule has 0 N–H and O–H groups in total. The summed E-state index contributed by atoms with van der Waals surface area (Å²) in [6.45, 7) is 7.84. The summed E-state index contributed by atoms with van der Waals surface area (Å²) in [7, 11) is 0. The summed E-state index contributed by atoms with van der Waals surface area (Å²) in [6, 6.07) is 6.03. The monoisotopic (exact) mass is 259 g/mol. The molecule has 19 heavy (non-hydrogen) atoms. The largest absolute Gasteiger partial charge is 0.460 e. The Kier molecular flexibility index (Phi) is 3.69. The van der Waals surface area contributed by atoms with E-state index in [1.54, 1.807) is 13.8 Å². The highest BCUT2D eigenvalue weighted by Crippen LogP contribution is 2.24. The number of ether oxygens (including phenoxy) is 1. The Labute approximate surface area is 112 Å². The second kappa shape index (κ2) is 5.26. The Hall–Kier alpha value is -2.10. The maximum Gasteiger partial charge on any atom is 0.376 e. The Morgan fingerprint density at radius 2 is 1.84 bits per heavy atom. The molecule has 2 aromatic rings.